The summed E-state index contributed by atoms with van der Waals surface area (Å²) in [6.45, 7) is 0. The fraction of sp³-hybridized carbons (Fsp3) is 0.154. The number of hydrogen-bond donors (Lipinski definition) is 0. The molecule has 2 aliphatic rings. The molecular formula is C78H58N4O2. The Labute approximate surface area is 484 Å². The fourth-order valence-electron chi connectivity index (χ4n) is 16.3. The molecule has 0 atom stereocenters. The number of benzene rings is 11. The molecule has 6 nitrogen and oxygen atoms in total. The van der Waals surface area contributed by atoms with Crippen LogP contribution in [-0.2, 0) is 0 Å². The van der Waals surface area contributed by atoms with Gasteiger partial charge in [0.05, 0.1) is 55.8 Å². The van der Waals surface area contributed by atoms with Gasteiger partial charge >= 0.3 is 0 Å². The maximum Gasteiger partial charge on any atom is 0.159 e. The lowest BCUT2D eigenvalue weighted by molar-refractivity contribution is 0.442. The summed E-state index contributed by atoms with van der Waals surface area (Å²) >= 11 is 0. The topological polar surface area (TPSA) is 41.6 Å². The first-order valence-electron chi connectivity index (χ1n) is 30.6. The molecule has 0 aliphatic heterocycles. The first kappa shape index (κ1) is 46.8. The Bertz CT molecular complexity index is 5140. The van der Waals surface area contributed by atoms with Gasteiger partial charge in [-0.2, -0.15) is 0 Å². The van der Waals surface area contributed by atoms with E-state index in [0.717, 1.165) is 67.2 Å². The van der Waals surface area contributed by atoms with E-state index in [1.165, 1.54) is 162 Å². The molecule has 0 saturated heterocycles. The number of furan rings is 2. The van der Waals surface area contributed by atoms with Gasteiger partial charge in [-0.3, -0.25) is 0 Å². The SMILES string of the molecule is c1ccc(N(c2cccc3c2oc2c(C4CCCCC4)cccc23)c2cccc3c2c2cccc4c5cc6c(cc5n3c42)c2cccc3c4c(N(c5ccccc5)c5cccc7c5oc5c(C8CCCCC8)cccc57)cccc4n6c23)cc1. The second-order valence-electron chi connectivity index (χ2n) is 24.3. The zero-order valence-electron chi connectivity index (χ0n) is 46.6. The van der Waals surface area contributed by atoms with Gasteiger partial charge < -0.3 is 27.4 Å². The van der Waals surface area contributed by atoms with Crippen LogP contribution in [0.5, 0.6) is 0 Å². The van der Waals surface area contributed by atoms with Crippen molar-refractivity contribution < 1.29 is 8.83 Å². The minimum absolute atomic E-state index is 0.525. The molecule has 6 heterocycles. The Hall–Kier alpha value is -9.78. The van der Waals surface area contributed by atoms with Crippen LogP contribution in [0.3, 0.4) is 0 Å². The van der Waals surface area contributed by atoms with Crippen molar-refractivity contribution in [3.05, 3.63) is 230 Å². The molecule has 0 spiro atoms. The van der Waals surface area contributed by atoms with E-state index in [9.17, 15) is 0 Å². The van der Waals surface area contributed by atoms with Gasteiger partial charge in [0.15, 0.2) is 11.2 Å². The molecule has 2 saturated carbocycles. The quantitative estimate of drug-likeness (QED) is 0.152. The van der Waals surface area contributed by atoms with Gasteiger partial charge in [0.25, 0.3) is 0 Å². The number of hydrogen-bond acceptors (Lipinski definition) is 4. The average Bonchev–Trinajstić information content (AvgIpc) is 1.66. The smallest absolute Gasteiger partial charge is 0.159 e. The highest BCUT2D eigenvalue weighted by Crippen LogP contribution is 2.53. The van der Waals surface area contributed by atoms with E-state index < -0.39 is 0 Å². The van der Waals surface area contributed by atoms with Gasteiger partial charge in [0, 0.05) is 76.0 Å². The molecule has 0 amide bonds. The van der Waals surface area contributed by atoms with E-state index >= 15 is 0 Å². The van der Waals surface area contributed by atoms with Crippen LogP contribution in [0.4, 0.5) is 34.1 Å². The first-order chi connectivity index (χ1) is 41.7. The maximum atomic E-state index is 7.24. The number of para-hydroxylation sites is 8. The van der Waals surface area contributed by atoms with Crippen molar-refractivity contribution in [3.63, 3.8) is 0 Å². The zero-order valence-corrected chi connectivity index (χ0v) is 46.6. The predicted molar refractivity (Wildman–Crippen MR) is 351 cm³/mol. The molecule has 0 N–H and O–H groups in total. The highest BCUT2D eigenvalue weighted by Gasteiger charge is 2.31. The van der Waals surface area contributed by atoms with Crippen LogP contribution in [0.1, 0.15) is 87.2 Å². The normalized spacial score (nSPS) is 15.0. The molecule has 0 bridgehead atoms. The van der Waals surface area contributed by atoms with Crippen molar-refractivity contribution in [1.29, 1.82) is 0 Å². The van der Waals surface area contributed by atoms with E-state index in [2.05, 4.69) is 237 Å². The monoisotopic (exact) mass is 1080 g/mol. The van der Waals surface area contributed by atoms with E-state index in [1.54, 1.807) is 0 Å². The lowest BCUT2D eigenvalue weighted by Gasteiger charge is -2.26. The Morgan fingerprint density at radius 2 is 0.643 bits per heavy atom. The molecule has 0 radical (unpaired) electrons. The summed E-state index contributed by atoms with van der Waals surface area (Å²) in [7, 11) is 0. The Balaban J connectivity index is 0.817. The van der Waals surface area contributed by atoms with Crippen molar-refractivity contribution in [1.82, 2.24) is 8.80 Å². The highest BCUT2D eigenvalue weighted by molar-refractivity contribution is 6.31. The molecule has 11 aromatic carbocycles. The predicted octanol–water partition coefficient (Wildman–Crippen LogP) is 22.8. The van der Waals surface area contributed by atoms with Crippen LogP contribution < -0.4 is 9.80 Å². The molecule has 0 unspecified atom stereocenters. The molecule has 6 aromatic heterocycles. The van der Waals surface area contributed by atoms with Crippen LogP contribution >= 0.6 is 0 Å². The van der Waals surface area contributed by atoms with Crippen molar-refractivity contribution >= 4 is 154 Å². The summed E-state index contributed by atoms with van der Waals surface area (Å²) in [5.74, 6) is 1.05. The summed E-state index contributed by atoms with van der Waals surface area (Å²) < 4.78 is 19.6. The molecule has 2 fully saturated rings. The van der Waals surface area contributed by atoms with E-state index in [4.69, 9.17) is 8.83 Å². The fourth-order valence-corrected chi connectivity index (χ4v) is 16.3. The van der Waals surface area contributed by atoms with Crippen molar-refractivity contribution in [2.24, 2.45) is 0 Å². The molecule has 2 aliphatic carbocycles. The van der Waals surface area contributed by atoms with Crippen molar-refractivity contribution in [2.45, 2.75) is 76.0 Å². The van der Waals surface area contributed by atoms with Crippen LogP contribution in [0.25, 0.3) is 120 Å². The van der Waals surface area contributed by atoms with E-state index in [1.807, 2.05) is 0 Å². The summed E-state index contributed by atoms with van der Waals surface area (Å²) in [5.41, 5.74) is 20.4. The van der Waals surface area contributed by atoms with Crippen molar-refractivity contribution in [2.75, 3.05) is 9.80 Å². The number of aromatic nitrogens is 2. The average molecular weight is 1080 g/mol. The minimum atomic E-state index is 0.525. The third-order valence-corrected chi connectivity index (χ3v) is 19.9. The lowest BCUT2D eigenvalue weighted by atomic mass is 9.83. The molecule has 17 aromatic rings. The first-order valence-corrected chi connectivity index (χ1v) is 30.6. The summed E-state index contributed by atoms with van der Waals surface area (Å²) in [6, 6.07) is 81.5. The highest BCUT2D eigenvalue weighted by atomic mass is 16.3. The van der Waals surface area contributed by atoms with Gasteiger partial charge in [-0.05, 0) is 121 Å². The third-order valence-electron chi connectivity index (χ3n) is 19.9. The largest absolute Gasteiger partial charge is 0.454 e. The molecule has 84 heavy (non-hydrogen) atoms. The second-order valence-corrected chi connectivity index (χ2v) is 24.3. The number of fused-ring (bicyclic) bond motifs is 18. The van der Waals surface area contributed by atoms with Gasteiger partial charge in [0.2, 0.25) is 0 Å². The van der Waals surface area contributed by atoms with E-state index in [-0.39, 0.29) is 0 Å². The Morgan fingerprint density at radius 3 is 1.08 bits per heavy atom. The molecule has 19 rings (SSSR count). The Kier molecular flexibility index (Phi) is 9.95. The van der Waals surface area contributed by atoms with Crippen molar-refractivity contribution in [3.8, 4) is 0 Å². The molecule has 402 valence electrons. The third kappa shape index (κ3) is 6.46. The molecular weight excluding hydrogens is 1020 g/mol. The standard InChI is InChI=1S/C78H58N4O2/c1-5-21-47(22-6-1)51-29-13-33-55-57-35-17-43-67(77(57)83-75(51)55)79(49-25-9-3-10-26-49)63-39-19-41-65-71(63)59-37-15-31-53-61-46-70-62(45-69(61)81(65)73(53)59)54-32-16-38-60-72-64(40-20-42-66(72)82(70)74(54)60)80(50-27-11-4-12-28-50)68-44-18-36-58-56-34-14-30-52(76(56)84-78(58)68)48-23-7-2-8-24-48/h3-4,9-20,25-48H,1-2,5-8,21-24H2. The number of nitrogens with zero attached hydrogens (tertiary/aromatic N) is 4. The number of anilines is 6. The van der Waals surface area contributed by atoms with Gasteiger partial charge in [-0.25, -0.2) is 0 Å². The number of rotatable bonds is 8. The van der Waals surface area contributed by atoms with E-state index in [0.29, 0.717) is 11.8 Å². The van der Waals surface area contributed by atoms with Gasteiger partial charge in [-0.15, -0.1) is 0 Å². The zero-order chi connectivity index (χ0) is 54.7. The summed E-state index contributed by atoms with van der Waals surface area (Å²) in [5, 5.41) is 14.6. The van der Waals surface area contributed by atoms with Gasteiger partial charge in [0.1, 0.15) is 11.2 Å². The van der Waals surface area contributed by atoms with Gasteiger partial charge in [-0.1, -0.05) is 184 Å². The molecule has 6 heteroatoms. The minimum Gasteiger partial charge on any atom is -0.454 e. The van der Waals surface area contributed by atoms with Crippen LogP contribution in [0.2, 0.25) is 0 Å². The second kappa shape index (κ2) is 17.9. The van der Waals surface area contributed by atoms with Crippen LogP contribution in [0, 0.1) is 0 Å². The van der Waals surface area contributed by atoms with Crippen LogP contribution in [0.15, 0.2) is 227 Å². The maximum absolute atomic E-state index is 7.24. The van der Waals surface area contributed by atoms with Crippen LogP contribution in [-0.4, -0.2) is 8.80 Å². The summed E-state index contributed by atoms with van der Waals surface area (Å²) in [4.78, 5) is 4.90. The lowest BCUT2D eigenvalue weighted by Crippen LogP contribution is -2.10. The summed E-state index contributed by atoms with van der Waals surface area (Å²) in [6.07, 6.45) is 12.6. The Morgan fingerprint density at radius 1 is 0.286 bits per heavy atom.